The highest BCUT2D eigenvalue weighted by atomic mass is 14.0. The van der Waals surface area contributed by atoms with Crippen LogP contribution in [0.2, 0.25) is 0 Å². The van der Waals surface area contributed by atoms with Gasteiger partial charge in [0, 0.05) is 0 Å². The number of rotatable bonds is 96. The molecule has 0 radical (unpaired) electrons. The fraction of sp³-hybridized carbons (Fsp3) is 0.689. The van der Waals surface area contributed by atoms with Crippen molar-refractivity contribution < 1.29 is 0 Å². The minimum Gasteiger partial charge on any atom is -0.0885 e. The molecule has 0 saturated carbocycles. The van der Waals surface area contributed by atoms with Gasteiger partial charge in [-0.2, -0.15) is 0 Å². The van der Waals surface area contributed by atoms with Crippen LogP contribution in [0.3, 0.4) is 0 Å². The van der Waals surface area contributed by atoms with E-state index in [1.807, 2.05) is 0 Å². The number of unbranched alkanes of at least 4 members (excludes halogenated alkanes) is 54. The van der Waals surface area contributed by atoms with Crippen LogP contribution in [-0.2, 0) is 0 Å². The molecule has 0 aromatic rings. The zero-order valence-electron chi connectivity index (χ0n) is 93.5. The maximum Gasteiger partial charge on any atom is -0.0169 e. The summed E-state index contributed by atoms with van der Waals surface area (Å²) >= 11 is 0. The molecule has 0 nitrogen and oxygen atoms in total. The van der Waals surface area contributed by atoms with Gasteiger partial charge in [0.2, 0.25) is 0 Å². The van der Waals surface area contributed by atoms with Crippen LogP contribution >= 0.6 is 0 Å². The first-order chi connectivity index (χ1) is 67.0. The first-order valence-corrected chi connectivity index (χ1v) is 59.6. The lowest BCUT2D eigenvalue weighted by Crippen LogP contribution is -1.78. The lowest BCUT2D eigenvalue weighted by atomic mass is 10.1. The van der Waals surface area contributed by atoms with Gasteiger partial charge in [-0.1, -0.05) is 621 Å². The summed E-state index contributed by atoms with van der Waals surface area (Å²) in [4.78, 5) is 0. The van der Waals surface area contributed by atoms with Gasteiger partial charge in [-0.25, -0.2) is 0 Å². The summed E-state index contributed by atoms with van der Waals surface area (Å²) in [6.07, 6.45) is 202. The normalized spacial score (nSPS) is 12.4. The fourth-order valence-corrected chi connectivity index (χ4v) is 14.9. The molecule has 0 unspecified atom stereocenters. The van der Waals surface area contributed by atoms with Crippen molar-refractivity contribution in [2.24, 2.45) is 0 Å². The van der Waals surface area contributed by atoms with E-state index < -0.39 is 0 Å². The maximum atomic E-state index is 2.37. The minimum atomic E-state index is 1.05. The molecule has 0 aliphatic rings. The molecule has 0 spiro atoms. The SMILES string of the molecule is CC/C=C/C/C=C/C/C=C/C/C=C/C/C=C/CCCCCCCC.CC/C=C/C/C=C/C/C=C/C/C=C/CCCCCCCC.CCCCC/C=C/C/C=C/C/C=C/C/C=C/CCCCCCCC.CCCCC/C=C/C/C=C/C/C=C/CCCCCCCC.CCCCCCCC/C=C/C/C=C/C/C=C/CCCCCCCC.CCCCCCCC/C=C/C/C=C/CCCCCCCC. The summed E-state index contributed by atoms with van der Waals surface area (Å²) in [6.45, 7) is 27.1. The van der Waals surface area contributed by atoms with Crippen LogP contribution in [0.5, 0.6) is 0 Å². The second kappa shape index (κ2) is 151. The molecular weight excluding hydrogens is 1620 g/mol. The average molecular weight is 1860 g/mol. The van der Waals surface area contributed by atoms with Crippen LogP contribution < -0.4 is 0 Å². The quantitative estimate of drug-likeness (QED) is 0.0421. The molecule has 0 aromatic carbocycles. The van der Waals surface area contributed by atoms with E-state index in [0.717, 1.165) is 109 Å². The smallest absolute Gasteiger partial charge is 0.0169 e. The lowest BCUT2D eigenvalue weighted by Gasteiger charge is -1.97. The Bertz CT molecular complexity index is 2670. The van der Waals surface area contributed by atoms with E-state index in [9.17, 15) is 0 Å². The van der Waals surface area contributed by atoms with Gasteiger partial charge in [0.1, 0.15) is 0 Å². The largest absolute Gasteiger partial charge is 0.0885 e. The van der Waals surface area contributed by atoms with E-state index in [0.29, 0.717) is 0 Å². The molecule has 0 atom stereocenters. The van der Waals surface area contributed by atoms with Crippen LogP contribution in [0.25, 0.3) is 0 Å². The van der Waals surface area contributed by atoms with Crippen molar-refractivity contribution in [3.05, 3.63) is 255 Å². The summed E-state index contributed by atoms with van der Waals surface area (Å²) < 4.78 is 0. The van der Waals surface area contributed by atoms with Gasteiger partial charge in [0.25, 0.3) is 0 Å². The Labute approximate surface area is 852 Å². The molecule has 0 aliphatic heterocycles. The van der Waals surface area contributed by atoms with Crippen LogP contribution in [0.15, 0.2) is 255 Å². The Balaban J connectivity index is -0.000000370. The topological polar surface area (TPSA) is 0 Å². The third-order valence-corrected chi connectivity index (χ3v) is 23.8. The number of hydrogen-bond donors (Lipinski definition) is 0. The summed E-state index contributed by atoms with van der Waals surface area (Å²) in [5.74, 6) is 0. The molecule has 0 heterocycles. The Hall–Kier alpha value is -5.46. The monoisotopic (exact) mass is 1860 g/mol. The van der Waals surface area contributed by atoms with Crippen molar-refractivity contribution in [2.75, 3.05) is 0 Å². The third-order valence-electron chi connectivity index (χ3n) is 23.8. The fourth-order valence-electron chi connectivity index (χ4n) is 14.9. The van der Waals surface area contributed by atoms with Crippen molar-refractivity contribution >= 4 is 0 Å². The minimum absolute atomic E-state index is 1.05. The van der Waals surface area contributed by atoms with Crippen molar-refractivity contribution in [2.45, 2.75) is 603 Å². The zero-order chi connectivity index (χ0) is 99.0. The number of allylic oxidation sites excluding steroid dienone is 42. The van der Waals surface area contributed by atoms with E-state index >= 15 is 0 Å². The summed E-state index contributed by atoms with van der Waals surface area (Å²) in [7, 11) is 0. The first-order valence-electron chi connectivity index (χ1n) is 59.6. The highest BCUT2D eigenvalue weighted by Crippen LogP contribution is 2.17. The second-order valence-corrected chi connectivity index (χ2v) is 37.7. The van der Waals surface area contributed by atoms with Crippen molar-refractivity contribution in [1.29, 1.82) is 0 Å². The highest BCUT2D eigenvalue weighted by Gasteiger charge is 1.97. The van der Waals surface area contributed by atoms with Gasteiger partial charge in [0.15, 0.2) is 0 Å². The van der Waals surface area contributed by atoms with Gasteiger partial charge in [-0.05, 0) is 238 Å². The van der Waals surface area contributed by atoms with E-state index in [4.69, 9.17) is 0 Å². The van der Waals surface area contributed by atoms with E-state index in [1.165, 1.54) is 411 Å². The predicted octanol–water partition coefficient (Wildman–Crippen LogP) is 49.4. The molecule has 0 aromatic heterocycles. The molecule has 780 valence electrons. The molecule has 0 rings (SSSR count). The standard InChI is InChI=1S/C24H44.C24H42.C24H40.C21H40.C21H38.C21H36/c3*1-3-5-7-9-11-13-15-17-19-21-23-24-22-20-18-16-14-12-10-8-6-4-2;3*1-3-5-7-9-11-13-15-17-19-21-20-18-16-14-12-10-8-6-4-2/h17-20,23-24H,3-16,21-22H2,1-2H3;11,13,17-20,23-24H,3-10,12,14-16,21-22H2,1-2H3;5,7,11,13,17-20,23-24H,3-4,6,8-10,12,14-16,21-22H2,1-2H3;17-20H,3-16,21H2,1-2H3;11,13,17-20H,3-10,12,14-16,21H2,1-2H3;5,7,11,13,17-20H,3-4,6,8-10,12,14-16,21H2,1-2H3/b19-17+,20-18+,24-23+;13-11+,19-17+,20-18+,24-23+;7-5+,13-11+,19-17+,20-18+,24-23+;19-17+,20-18+;13-11+,19-17+,20-18+;7-5+,13-11+,19-17+,20-18+. The van der Waals surface area contributed by atoms with Crippen molar-refractivity contribution in [3.8, 4) is 0 Å². The van der Waals surface area contributed by atoms with Gasteiger partial charge in [-0.3, -0.25) is 0 Å². The molecule has 0 heteroatoms. The summed E-state index contributed by atoms with van der Waals surface area (Å²) in [5.41, 5.74) is 0. The molecule has 0 bridgehead atoms. The van der Waals surface area contributed by atoms with Crippen LogP contribution in [0.4, 0.5) is 0 Å². The average Bonchev–Trinajstić information content (AvgIpc) is 1.12. The maximum absolute atomic E-state index is 2.37. The van der Waals surface area contributed by atoms with Gasteiger partial charge in [-0.15, -0.1) is 0 Å². The Morgan fingerprint density at radius 3 is 0.252 bits per heavy atom. The molecule has 0 N–H and O–H groups in total. The lowest BCUT2D eigenvalue weighted by molar-refractivity contribution is 0.611. The summed E-state index contributed by atoms with van der Waals surface area (Å²) in [5, 5.41) is 0. The van der Waals surface area contributed by atoms with Gasteiger partial charge >= 0.3 is 0 Å². The van der Waals surface area contributed by atoms with E-state index in [1.54, 1.807) is 0 Å². The van der Waals surface area contributed by atoms with Crippen molar-refractivity contribution in [1.82, 2.24) is 0 Å². The van der Waals surface area contributed by atoms with Crippen LogP contribution in [-0.4, -0.2) is 0 Å². The zero-order valence-corrected chi connectivity index (χ0v) is 93.5. The van der Waals surface area contributed by atoms with E-state index in [-0.39, 0.29) is 0 Å². The Kier molecular flexibility index (Phi) is 157. The highest BCUT2D eigenvalue weighted by molar-refractivity contribution is 5.05. The number of hydrogen-bond acceptors (Lipinski definition) is 0. The second-order valence-electron chi connectivity index (χ2n) is 37.7. The van der Waals surface area contributed by atoms with Crippen molar-refractivity contribution in [3.63, 3.8) is 0 Å². The van der Waals surface area contributed by atoms with Crippen LogP contribution in [0.1, 0.15) is 603 Å². The first kappa shape index (κ1) is 140. The molecule has 0 saturated heterocycles. The Morgan fingerprint density at radius 2 is 0.148 bits per heavy atom. The molecule has 0 amide bonds. The van der Waals surface area contributed by atoms with Crippen LogP contribution in [0, 0.1) is 0 Å². The summed E-state index contributed by atoms with van der Waals surface area (Å²) in [6, 6.07) is 0. The molecule has 0 fully saturated rings. The molecular formula is C135H240. The van der Waals surface area contributed by atoms with E-state index in [2.05, 4.69) is 338 Å². The molecule has 0 aliphatic carbocycles. The molecule has 135 heavy (non-hydrogen) atoms. The predicted molar refractivity (Wildman–Crippen MR) is 634 cm³/mol. The Morgan fingerprint density at radius 1 is 0.0741 bits per heavy atom. The van der Waals surface area contributed by atoms with Gasteiger partial charge < -0.3 is 0 Å². The third kappa shape index (κ3) is 165. The van der Waals surface area contributed by atoms with Gasteiger partial charge in [0.05, 0.1) is 0 Å².